The minimum absolute atomic E-state index is 0.0981. The average molecular weight is 315 g/mol. The second kappa shape index (κ2) is 6.48. The fourth-order valence-electron chi connectivity index (χ4n) is 1.97. The number of amides is 1. The van der Waals surface area contributed by atoms with Crippen LogP contribution >= 0.6 is 11.8 Å². The molecule has 0 aliphatic carbocycles. The summed E-state index contributed by atoms with van der Waals surface area (Å²) in [5.41, 5.74) is 2.73. The monoisotopic (exact) mass is 315 g/mol. The second-order valence-corrected chi connectivity index (χ2v) is 5.61. The van der Waals surface area contributed by atoms with Crippen LogP contribution in [0.15, 0.2) is 51.9 Å². The molecule has 112 valence electrons. The van der Waals surface area contributed by atoms with Crippen LogP contribution in [-0.2, 0) is 10.5 Å². The molecule has 3 aromatic rings. The van der Waals surface area contributed by atoms with E-state index < -0.39 is 5.76 Å². The molecule has 3 rings (SSSR count). The van der Waals surface area contributed by atoms with E-state index in [0.717, 1.165) is 11.3 Å². The maximum atomic E-state index is 11.9. The molecule has 0 atom stereocenters. The summed E-state index contributed by atoms with van der Waals surface area (Å²) in [7, 11) is 0. The van der Waals surface area contributed by atoms with Gasteiger partial charge in [0.05, 0.1) is 11.3 Å². The van der Waals surface area contributed by atoms with Crippen molar-refractivity contribution < 1.29 is 9.21 Å². The molecule has 0 unspecified atom stereocenters. The topological polar surface area (TPSA) is 88.0 Å². The SMILES string of the molecule is O=C(CSCc1cccnc1)Nc1ccc2oc(=O)[nH]c2c1. The van der Waals surface area contributed by atoms with Crippen molar-refractivity contribution in [2.45, 2.75) is 5.75 Å². The Bertz CT molecular complexity index is 842. The fourth-order valence-corrected chi connectivity index (χ4v) is 2.74. The van der Waals surface area contributed by atoms with Crippen molar-refractivity contribution >= 4 is 34.5 Å². The molecular formula is C15H13N3O3S. The van der Waals surface area contributed by atoms with Crippen LogP contribution in [0, 0.1) is 0 Å². The highest BCUT2D eigenvalue weighted by Crippen LogP contribution is 2.17. The first-order valence-corrected chi connectivity index (χ1v) is 7.75. The van der Waals surface area contributed by atoms with Crippen LogP contribution in [0.3, 0.4) is 0 Å². The number of H-pyrrole nitrogens is 1. The molecule has 1 amide bonds. The number of nitrogens with one attached hydrogen (secondary N) is 2. The maximum Gasteiger partial charge on any atom is 0.417 e. The lowest BCUT2D eigenvalue weighted by atomic mass is 10.3. The maximum absolute atomic E-state index is 11.9. The zero-order valence-corrected chi connectivity index (χ0v) is 12.4. The van der Waals surface area contributed by atoms with Gasteiger partial charge in [-0.3, -0.25) is 14.8 Å². The van der Waals surface area contributed by atoms with Gasteiger partial charge in [0.2, 0.25) is 5.91 Å². The van der Waals surface area contributed by atoms with E-state index in [1.165, 1.54) is 11.8 Å². The predicted octanol–water partition coefficient (Wildman–Crippen LogP) is 2.39. The van der Waals surface area contributed by atoms with Crippen LogP contribution in [0.25, 0.3) is 11.1 Å². The Morgan fingerprint density at radius 3 is 3.09 bits per heavy atom. The zero-order valence-electron chi connectivity index (χ0n) is 11.5. The lowest BCUT2D eigenvalue weighted by Gasteiger charge is -2.05. The Morgan fingerprint density at radius 2 is 2.27 bits per heavy atom. The van der Waals surface area contributed by atoms with Gasteiger partial charge in [-0.25, -0.2) is 4.79 Å². The van der Waals surface area contributed by atoms with Gasteiger partial charge < -0.3 is 9.73 Å². The van der Waals surface area contributed by atoms with Gasteiger partial charge in [0.25, 0.3) is 0 Å². The summed E-state index contributed by atoms with van der Waals surface area (Å²) in [6, 6.07) is 8.86. The second-order valence-electron chi connectivity index (χ2n) is 4.63. The Kier molecular flexibility index (Phi) is 4.24. The van der Waals surface area contributed by atoms with Crippen molar-refractivity contribution in [1.82, 2.24) is 9.97 Å². The number of carbonyl (C=O) groups excluding carboxylic acids is 1. The van der Waals surface area contributed by atoms with Gasteiger partial charge in [0.15, 0.2) is 5.58 Å². The number of rotatable bonds is 5. The molecule has 0 spiro atoms. The van der Waals surface area contributed by atoms with E-state index in [2.05, 4.69) is 15.3 Å². The number of benzene rings is 1. The molecule has 2 N–H and O–H groups in total. The number of thioether (sulfide) groups is 1. The van der Waals surface area contributed by atoms with Crippen LogP contribution < -0.4 is 11.1 Å². The van der Waals surface area contributed by atoms with Crippen molar-refractivity contribution in [3.05, 3.63) is 58.8 Å². The minimum atomic E-state index is -0.509. The Labute approximate surface area is 129 Å². The first kappa shape index (κ1) is 14.4. The molecule has 2 heterocycles. The predicted molar refractivity (Wildman–Crippen MR) is 85.9 cm³/mol. The average Bonchev–Trinajstić information content (AvgIpc) is 2.87. The van der Waals surface area contributed by atoms with Crippen LogP contribution in [-0.4, -0.2) is 21.6 Å². The summed E-state index contributed by atoms with van der Waals surface area (Å²) in [6.07, 6.45) is 3.51. The van der Waals surface area contributed by atoms with E-state index in [4.69, 9.17) is 4.42 Å². The van der Waals surface area contributed by atoms with Crippen molar-refractivity contribution in [2.75, 3.05) is 11.1 Å². The summed E-state index contributed by atoms with van der Waals surface area (Å²) in [5.74, 6) is 0.467. The molecule has 2 aromatic heterocycles. The van der Waals surface area contributed by atoms with Crippen molar-refractivity contribution in [3.8, 4) is 0 Å². The molecule has 0 radical (unpaired) electrons. The quantitative estimate of drug-likeness (QED) is 0.755. The van der Waals surface area contributed by atoms with E-state index in [1.807, 2.05) is 12.1 Å². The van der Waals surface area contributed by atoms with E-state index >= 15 is 0 Å². The van der Waals surface area contributed by atoms with E-state index in [-0.39, 0.29) is 5.91 Å². The van der Waals surface area contributed by atoms with Gasteiger partial charge in [-0.05, 0) is 29.8 Å². The van der Waals surface area contributed by atoms with Gasteiger partial charge in [-0.15, -0.1) is 11.8 Å². The zero-order chi connectivity index (χ0) is 15.4. The summed E-state index contributed by atoms with van der Waals surface area (Å²) >= 11 is 1.51. The molecule has 0 fully saturated rings. The van der Waals surface area contributed by atoms with Crippen LogP contribution in [0.2, 0.25) is 0 Å². The normalized spacial score (nSPS) is 10.7. The van der Waals surface area contributed by atoms with Gasteiger partial charge in [-0.1, -0.05) is 6.07 Å². The lowest BCUT2D eigenvalue weighted by molar-refractivity contribution is -0.113. The third-order valence-electron chi connectivity index (χ3n) is 2.93. The number of pyridine rings is 1. The van der Waals surface area contributed by atoms with E-state index in [0.29, 0.717) is 22.5 Å². The largest absolute Gasteiger partial charge is 0.417 e. The number of fused-ring (bicyclic) bond motifs is 1. The number of hydrogen-bond acceptors (Lipinski definition) is 5. The summed E-state index contributed by atoms with van der Waals surface area (Å²) < 4.78 is 4.91. The number of anilines is 1. The van der Waals surface area contributed by atoms with Crippen molar-refractivity contribution in [2.24, 2.45) is 0 Å². The Hall–Kier alpha value is -2.54. The summed E-state index contributed by atoms with van der Waals surface area (Å²) in [6.45, 7) is 0. The third-order valence-corrected chi connectivity index (χ3v) is 3.93. The number of aromatic nitrogens is 2. The molecular weight excluding hydrogens is 302 g/mol. The lowest BCUT2D eigenvalue weighted by Crippen LogP contribution is -2.14. The van der Waals surface area contributed by atoms with E-state index in [9.17, 15) is 9.59 Å². The summed E-state index contributed by atoms with van der Waals surface area (Å²) in [4.78, 5) is 29.6. The Morgan fingerprint density at radius 1 is 1.36 bits per heavy atom. The number of aromatic amines is 1. The van der Waals surface area contributed by atoms with Crippen LogP contribution in [0.4, 0.5) is 5.69 Å². The summed E-state index contributed by atoms with van der Waals surface area (Å²) in [5, 5.41) is 2.79. The molecule has 0 bridgehead atoms. The molecule has 1 aromatic carbocycles. The molecule has 6 nitrogen and oxygen atoms in total. The molecule has 7 heteroatoms. The standard InChI is InChI=1S/C15H13N3O3S/c19-14(9-22-8-10-2-1-5-16-7-10)17-11-3-4-13-12(6-11)18-15(20)21-13/h1-7H,8-9H2,(H,17,19)(H,18,20). The van der Waals surface area contributed by atoms with Gasteiger partial charge >= 0.3 is 5.76 Å². The number of oxazole rings is 1. The molecule has 0 saturated heterocycles. The van der Waals surface area contributed by atoms with Crippen molar-refractivity contribution in [1.29, 1.82) is 0 Å². The number of nitrogens with zero attached hydrogens (tertiary/aromatic N) is 1. The minimum Gasteiger partial charge on any atom is -0.408 e. The Balaban J connectivity index is 1.55. The molecule has 0 saturated carbocycles. The van der Waals surface area contributed by atoms with Gasteiger partial charge in [0, 0.05) is 23.8 Å². The third kappa shape index (κ3) is 3.56. The highest BCUT2D eigenvalue weighted by Gasteiger charge is 2.06. The smallest absolute Gasteiger partial charge is 0.408 e. The van der Waals surface area contributed by atoms with Crippen LogP contribution in [0.5, 0.6) is 0 Å². The van der Waals surface area contributed by atoms with Gasteiger partial charge in [-0.2, -0.15) is 0 Å². The first-order valence-electron chi connectivity index (χ1n) is 6.60. The number of carbonyl (C=O) groups is 1. The van der Waals surface area contributed by atoms with Gasteiger partial charge in [0.1, 0.15) is 0 Å². The molecule has 22 heavy (non-hydrogen) atoms. The van der Waals surface area contributed by atoms with Crippen molar-refractivity contribution in [3.63, 3.8) is 0 Å². The first-order chi connectivity index (χ1) is 10.7. The number of hydrogen-bond donors (Lipinski definition) is 2. The molecule has 0 aliphatic rings. The van der Waals surface area contributed by atoms with E-state index in [1.54, 1.807) is 30.6 Å². The fraction of sp³-hybridized carbons (Fsp3) is 0.133. The molecule has 0 aliphatic heterocycles. The van der Waals surface area contributed by atoms with Crippen LogP contribution in [0.1, 0.15) is 5.56 Å². The highest BCUT2D eigenvalue weighted by molar-refractivity contribution is 7.99. The highest BCUT2D eigenvalue weighted by atomic mass is 32.2.